The number of carbonyl (C=O) groups is 1. The summed E-state index contributed by atoms with van der Waals surface area (Å²) in [5.41, 5.74) is 1.46. The van der Waals surface area contributed by atoms with Crippen LogP contribution in [-0.4, -0.2) is 39.3 Å². The normalized spacial score (nSPS) is 22.0. The van der Waals surface area contributed by atoms with Gasteiger partial charge in [-0.3, -0.25) is 9.10 Å². The van der Waals surface area contributed by atoms with Gasteiger partial charge in [-0.15, -0.1) is 0 Å². The zero-order valence-corrected chi connectivity index (χ0v) is 17.1. The molecule has 27 heavy (non-hydrogen) atoms. The summed E-state index contributed by atoms with van der Waals surface area (Å²) >= 11 is 0. The smallest absolute Gasteiger partial charge is 0.261 e. The van der Waals surface area contributed by atoms with Crippen LogP contribution in [-0.2, 0) is 14.8 Å². The molecule has 1 fully saturated rings. The van der Waals surface area contributed by atoms with Gasteiger partial charge in [0.15, 0.2) is 6.10 Å². The maximum Gasteiger partial charge on any atom is 0.261 e. The summed E-state index contributed by atoms with van der Waals surface area (Å²) in [6.07, 6.45) is 8.86. The molecule has 2 aliphatic rings. The highest BCUT2D eigenvalue weighted by molar-refractivity contribution is 7.92. The van der Waals surface area contributed by atoms with E-state index in [9.17, 15) is 13.2 Å². The van der Waals surface area contributed by atoms with Crippen LogP contribution in [0, 0.1) is 6.92 Å². The zero-order chi connectivity index (χ0) is 19.4. The minimum Gasteiger partial charge on any atom is -0.478 e. The SMILES string of the molecule is Cc1ccc2c(c1)N(S(C)(=O)=O)CC[C@@H](C(=O)NC1CCCCCCC1)O2. The molecule has 0 spiro atoms. The average Bonchev–Trinajstić information content (AvgIpc) is 2.76. The maximum absolute atomic E-state index is 12.8. The van der Waals surface area contributed by atoms with Crippen LogP contribution in [0.4, 0.5) is 5.69 Å². The number of hydrogen-bond acceptors (Lipinski definition) is 4. The summed E-state index contributed by atoms with van der Waals surface area (Å²) < 4.78 is 31.8. The van der Waals surface area contributed by atoms with Crippen molar-refractivity contribution in [2.24, 2.45) is 0 Å². The first-order chi connectivity index (χ1) is 12.8. The molecule has 0 aromatic heterocycles. The lowest BCUT2D eigenvalue weighted by atomic mass is 9.96. The third-order valence-corrected chi connectivity index (χ3v) is 6.57. The van der Waals surface area contributed by atoms with Crippen molar-refractivity contribution in [3.63, 3.8) is 0 Å². The lowest BCUT2D eigenvalue weighted by molar-refractivity contribution is -0.128. The van der Waals surface area contributed by atoms with Crippen LogP contribution in [0.1, 0.15) is 56.9 Å². The summed E-state index contributed by atoms with van der Waals surface area (Å²) in [4.78, 5) is 12.8. The van der Waals surface area contributed by atoms with Crippen LogP contribution in [0.25, 0.3) is 0 Å². The first-order valence-corrected chi connectivity index (χ1v) is 11.7. The van der Waals surface area contributed by atoms with E-state index >= 15 is 0 Å². The van der Waals surface area contributed by atoms with E-state index in [1.165, 1.54) is 29.8 Å². The minimum absolute atomic E-state index is 0.137. The lowest BCUT2D eigenvalue weighted by Crippen LogP contribution is -2.44. The zero-order valence-electron chi connectivity index (χ0n) is 16.2. The van der Waals surface area contributed by atoms with E-state index < -0.39 is 16.1 Å². The van der Waals surface area contributed by atoms with Gasteiger partial charge in [-0.05, 0) is 37.5 Å². The number of amides is 1. The Morgan fingerprint density at radius 3 is 2.44 bits per heavy atom. The minimum atomic E-state index is -3.44. The predicted octanol–water partition coefficient (Wildman–Crippen LogP) is 3.14. The van der Waals surface area contributed by atoms with E-state index in [1.807, 2.05) is 13.0 Å². The van der Waals surface area contributed by atoms with Crippen molar-refractivity contribution in [3.8, 4) is 5.75 Å². The van der Waals surface area contributed by atoms with Gasteiger partial charge in [0.2, 0.25) is 10.0 Å². The molecule has 1 atom stereocenters. The molecular weight excluding hydrogens is 364 g/mol. The number of rotatable bonds is 3. The molecule has 1 aliphatic carbocycles. The van der Waals surface area contributed by atoms with E-state index in [4.69, 9.17) is 4.74 Å². The summed E-state index contributed by atoms with van der Waals surface area (Å²) in [6, 6.07) is 5.61. The van der Waals surface area contributed by atoms with Crippen molar-refractivity contribution < 1.29 is 17.9 Å². The van der Waals surface area contributed by atoms with E-state index in [0.717, 1.165) is 31.2 Å². The van der Waals surface area contributed by atoms with Crippen LogP contribution >= 0.6 is 0 Å². The Balaban J connectivity index is 1.76. The summed E-state index contributed by atoms with van der Waals surface area (Å²) in [6.45, 7) is 2.14. The summed E-state index contributed by atoms with van der Waals surface area (Å²) in [5, 5.41) is 3.15. The highest BCUT2D eigenvalue weighted by atomic mass is 32.2. The molecule has 1 aromatic carbocycles. The number of sulfonamides is 1. The highest BCUT2D eigenvalue weighted by Gasteiger charge is 2.32. The Labute approximate surface area is 162 Å². The van der Waals surface area contributed by atoms with Crippen LogP contribution < -0.4 is 14.4 Å². The molecule has 1 aliphatic heterocycles. The first-order valence-electron chi connectivity index (χ1n) is 9.90. The number of ether oxygens (including phenoxy) is 1. The number of hydrogen-bond donors (Lipinski definition) is 1. The van der Waals surface area contributed by atoms with Gasteiger partial charge in [0.25, 0.3) is 5.91 Å². The van der Waals surface area contributed by atoms with Gasteiger partial charge in [-0.25, -0.2) is 8.42 Å². The standard InChI is InChI=1S/C20H30N2O4S/c1-15-10-11-18-17(14-15)22(27(2,24)25)13-12-19(26-18)20(23)21-16-8-6-4-3-5-7-9-16/h10-11,14,16,19H,3-9,12-13H2,1-2H3,(H,21,23)/t19-/m0/s1. The van der Waals surface area contributed by atoms with Crippen LogP contribution in [0.5, 0.6) is 5.75 Å². The Morgan fingerprint density at radius 2 is 1.78 bits per heavy atom. The number of anilines is 1. The van der Waals surface area contributed by atoms with E-state index in [-0.39, 0.29) is 18.5 Å². The second-order valence-electron chi connectivity index (χ2n) is 7.75. The molecule has 150 valence electrons. The molecule has 1 N–H and O–H groups in total. The quantitative estimate of drug-likeness (QED) is 0.855. The molecule has 7 heteroatoms. The number of nitrogens with one attached hydrogen (secondary N) is 1. The summed E-state index contributed by atoms with van der Waals surface area (Å²) in [7, 11) is -3.44. The van der Waals surface area contributed by atoms with Crippen molar-refractivity contribution in [3.05, 3.63) is 23.8 Å². The average molecular weight is 395 g/mol. The molecule has 0 unspecified atom stereocenters. The van der Waals surface area contributed by atoms with Gasteiger partial charge in [0.05, 0.1) is 11.9 Å². The second kappa shape index (κ2) is 8.50. The second-order valence-corrected chi connectivity index (χ2v) is 9.66. The topological polar surface area (TPSA) is 75.7 Å². The Hall–Kier alpha value is -1.76. The Kier molecular flexibility index (Phi) is 6.29. The number of fused-ring (bicyclic) bond motifs is 1. The van der Waals surface area contributed by atoms with Crippen LogP contribution in [0.2, 0.25) is 0 Å². The fourth-order valence-electron chi connectivity index (χ4n) is 3.91. The van der Waals surface area contributed by atoms with Crippen molar-refractivity contribution in [1.29, 1.82) is 0 Å². The lowest BCUT2D eigenvalue weighted by Gasteiger charge is -2.24. The third-order valence-electron chi connectivity index (χ3n) is 5.39. The largest absolute Gasteiger partial charge is 0.478 e. The van der Waals surface area contributed by atoms with Gasteiger partial charge < -0.3 is 10.1 Å². The molecule has 1 aromatic rings. The number of benzene rings is 1. The fraction of sp³-hybridized carbons (Fsp3) is 0.650. The van der Waals surface area contributed by atoms with Crippen LogP contribution in [0.15, 0.2) is 18.2 Å². The van der Waals surface area contributed by atoms with Gasteiger partial charge in [-0.2, -0.15) is 0 Å². The molecule has 0 radical (unpaired) electrons. The molecule has 1 heterocycles. The van der Waals surface area contributed by atoms with Crippen molar-refractivity contribution in [2.45, 2.75) is 70.4 Å². The number of aryl methyl sites for hydroxylation is 1. The predicted molar refractivity (Wildman–Crippen MR) is 107 cm³/mol. The van der Waals surface area contributed by atoms with Gasteiger partial charge >= 0.3 is 0 Å². The first kappa shape index (κ1) is 20.0. The third kappa shape index (κ3) is 5.15. The highest BCUT2D eigenvalue weighted by Crippen LogP contribution is 2.35. The molecule has 1 saturated carbocycles. The van der Waals surface area contributed by atoms with Gasteiger partial charge in [0.1, 0.15) is 5.75 Å². The van der Waals surface area contributed by atoms with Crippen molar-refractivity contribution >= 4 is 21.6 Å². The molecule has 1 amide bonds. The van der Waals surface area contributed by atoms with Crippen LogP contribution in [0.3, 0.4) is 0 Å². The van der Waals surface area contributed by atoms with E-state index in [2.05, 4.69) is 5.32 Å². The Bertz CT molecular complexity index is 770. The van der Waals surface area contributed by atoms with Crippen molar-refractivity contribution in [1.82, 2.24) is 5.32 Å². The van der Waals surface area contributed by atoms with Crippen molar-refractivity contribution in [2.75, 3.05) is 17.1 Å². The van der Waals surface area contributed by atoms with E-state index in [0.29, 0.717) is 17.9 Å². The van der Waals surface area contributed by atoms with Gasteiger partial charge in [-0.1, -0.05) is 38.2 Å². The Morgan fingerprint density at radius 1 is 1.11 bits per heavy atom. The summed E-state index contributed by atoms with van der Waals surface area (Å²) in [5.74, 6) is 0.309. The molecule has 6 nitrogen and oxygen atoms in total. The fourth-order valence-corrected chi connectivity index (χ4v) is 4.85. The number of nitrogens with zero attached hydrogens (tertiary/aromatic N) is 1. The molecule has 3 rings (SSSR count). The van der Waals surface area contributed by atoms with Gasteiger partial charge in [0, 0.05) is 19.0 Å². The molecular formula is C20H30N2O4S. The number of carbonyl (C=O) groups excluding carboxylic acids is 1. The monoisotopic (exact) mass is 394 g/mol. The van der Waals surface area contributed by atoms with E-state index in [1.54, 1.807) is 12.1 Å². The molecule has 0 saturated heterocycles. The molecule has 0 bridgehead atoms. The maximum atomic E-state index is 12.8.